The lowest BCUT2D eigenvalue weighted by Gasteiger charge is -2.45. The Morgan fingerprint density at radius 1 is 0.410 bits per heavy atom. The van der Waals surface area contributed by atoms with Gasteiger partial charge in [0, 0.05) is 24.7 Å². The molecular formula is C52H54F4O5. The van der Waals surface area contributed by atoms with Gasteiger partial charge in [-0.1, -0.05) is 113 Å². The van der Waals surface area contributed by atoms with Crippen molar-refractivity contribution in [3.8, 4) is 34.5 Å². The molecule has 5 nitrogen and oxygen atoms in total. The van der Waals surface area contributed by atoms with Crippen LogP contribution in [-0.4, -0.2) is 24.4 Å². The molecule has 4 unspecified atom stereocenters. The van der Waals surface area contributed by atoms with Gasteiger partial charge in [0.05, 0.1) is 12.2 Å². The Morgan fingerprint density at radius 3 is 1.08 bits per heavy atom. The first-order valence-corrected chi connectivity index (χ1v) is 20.7. The van der Waals surface area contributed by atoms with Crippen LogP contribution >= 0.6 is 0 Å². The molecule has 6 aromatic rings. The van der Waals surface area contributed by atoms with Crippen molar-refractivity contribution < 1.29 is 41.2 Å². The van der Waals surface area contributed by atoms with Crippen LogP contribution < -0.4 is 18.9 Å². The lowest BCUT2D eigenvalue weighted by atomic mass is 9.71. The minimum absolute atomic E-state index is 0.0558. The summed E-state index contributed by atoms with van der Waals surface area (Å²) in [6.45, 7) is 9.89. The lowest BCUT2D eigenvalue weighted by molar-refractivity contribution is -0.159. The third-order valence-corrected chi connectivity index (χ3v) is 11.4. The average molecular weight is 835 g/mol. The van der Waals surface area contributed by atoms with E-state index in [9.17, 15) is 17.6 Å². The zero-order valence-corrected chi connectivity index (χ0v) is 35.5. The number of para-hydroxylation sites is 2. The maximum atomic E-state index is 13.9. The Labute approximate surface area is 357 Å². The van der Waals surface area contributed by atoms with Crippen molar-refractivity contribution in [2.75, 3.05) is 0 Å². The molecule has 0 fully saturated rings. The maximum Gasteiger partial charge on any atom is 0.394 e. The van der Waals surface area contributed by atoms with E-state index in [-0.39, 0.29) is 11.5 Å². The molecule has 6 aromatic carbocycles. The van der Waals surface area contributed by atoms with Gasteiger partial charge in [-0.25, -0.2) is 0 Å². The van der Waals surface area contributed by atoms with E-state index >= 15 is 0 Å². The van der Waals surface area contributed by atoms with Crippen LogP contribution in [0.15, 0.2) is 158 Å². The molecule has 4 atom stereocenters. The Morgan fingerprint density at radius 2 is 0.754 bits per heavy atom. The van der Waals surface area contributed by atoms with Crippen LogP contribution in [0.2, 0.25) is 0 Å². The first kappa shape index (κ1) is 44.7. The SMILES string of the molecule is CCC(C)(c1ccc(OC(C)(F)F)cc1)C(Cc1cccc(Oc2ccccc2)c1)OC(Cc1cccc(Oc2ccccc2)c1)C(C)(CC)c1ccc(OC(C)(F)F)cc1. The first-order chi connectivity index (χ1) is 29.0. The Kier molecular flexibility index (Phi) is 14.1. The van der Waals surface area contributed by atoms with Crippen LogP contribution in [0.1, 0.15) is 76.6 Å². The Balaban J connectivity index is 1.44. The number of benzene rings is 6. The number of halogens is 4. The number of hydrogen-bond acceptors (Lipinski definition) is 5. The summed E-state index contributed by atoms with van der Waals surface area (Å²) in [5.41, 5.74) is 2.42. The van der Waals surface area contributed by atoms with Gasteiger partial charge < -0.3 is 23.7 Å². The highest BCUT2D eigenvalue weighted by molar-refractivity contribution is 5.39. The molecule has 0 aliphatic heterocycles. The normalized spacial score (nSPS) is 14.9. The van der Waals surface area contributed by atoms with Gasteiger partial charge in [0.1, 0.15) is 34.5 Å². The van der Waals surface area contributed by atoms with Crippen molar-refractivity contribution in [3.05, 3.63) is 180 Å². The Hall–Kier alpha value is -5.80. The zero-order chi connectivity index (χ0) is 43.7. The van der Waals surface area contributed by atoms with Gasteiger partial charge in [-0.15, -0.1) is 0 Å². The number of hydrogen-bond donors (Lipinski definition) is 0. The van der Waals surface area contributed by atoms with Gasteiger partial charge in [-0.2, -0.15) is 17.6 Å². The van der Waals surface area contributed by atoms with Crippen molar-refractivity contribution in [2.24, 2.45) is 0 Å². The van der Waals surface area contributed by atoms with E-state index in [4.69, 9.17) is 23.7 Å². The van der Waals surface area contributed by atoms with Crippen LogP contribution in [0.4, 0.5) is 17.6 Å². The van der Waals surface area contributed by atoms with E-state index in [1.54, 1.807) is 24.3 Å². The molecule has 0 radical (unpaired) electrons. The monoisotopic (exact) mass is 834 g/mol. The van der Waals surface area contributed by atoms with E-state index < -0.39 is 35.3 Å². The molecule has 9 heteroatoms. The molecule has 0 spiro atoms. The van der Waals surface area contributed by atoms with Gasteiger partial charge in [-0.3, -0.25) is 0 Å². The van der Waals surface area contributed by atoms with Crippen molar-refractivity contribution in [3.63, 3.8) is 0 Å². The molecule has 0 heterocycles. The molecule has 0 saturated heterocycles. The molecule has 0 aliphatic carbocycles. The quantitative estimate of drug-likeness (QED) is 0.0717. The summed E-state index contributed by atoms with van der Waals surface area (Å²) in [7, 11) is 0. The summed E-state index contributed by atoms with van der Waals surface area (Å²) in [4.78, 5) is 0. The molecule has 6 rings (SSSR count). The van der Waals surface area contributed by atoms with Gasteiger partial charge in [0.15, 0.2) is 0 Å². The van der Waals surface area contributed by atoms with Gasteiger partial charge in [0.25, 0.3) is 0 Å². The summed E-state index contributed by atoms with van der Waals surface area (Å²) in [6.07, 6.45) is -5.44. The fourth-order valence-electron chi connectivity index (χ4n) is 7.65. The largest absolute Gasteiger partial charge is 0.457 e. The van der Waals surface area contributed by atoms with E-state index in [1.165, 1.54) is 0 Å². The second kappa shape index (κ2) is 19.3. The predicted molar refractivity (Wildman–Crippen MR) is 233 cm³/mol. The molecule has 320 valence electrons. The maximum absolute atomic E-state index is 13.9. The summed E-state index contributed by atoms with van der Waals surface area (Å²) in [5.74, 6) is 2.88. The van der Waals surface area contributed by atoms with Crippen LogP contribution in [0, 0.1) is 0 Å². The van der Waals surface area contributed by atoms with E-state index in [0.29, 0.717) is 62.5 Å². The second-order valence-electron chi connectivity index (χ2n) is 16.1. The minimum Gasteiger partial charge on any atom is -0.457 e. The van der Waals surface area contributed by atoms with Crippen molar-refractivity contribution in [1.82, 2.24) is 0 Å². The smallest absolute Gasteiger partial charge is 0.394 e. The average Bonchev–Trinajstić information content (AvgIpc) is 3.23. The minimum atomic E-state index is -3.34. The molecule has 0 saturated carbocycles. The summed E-state index contributed by atoms with van der Waals surface area (Å²) >= 11 is 0. The van der Waals surface area contributed by atoms with Crippen molar-refractivity contribution >= 4 is 0 Å². The third-order valence-electron chi connectivity index (χ3n) is 11.4. The van der Waals surface area contributed by atoms with Gasteiger partial charge in [-0.05, 0) is 121 Å². The van der Waals surface area contributed by atoms with E-state index in [1.807, 2.05) is 133 Å². The first-order valence-electron chi connectivity index (χ1n) is 20.7. The summed E-state index contributed by atoms with van der Waals surface area (Å²) < 4.78 is 85.5. The highest BCUT2D eigenvalue weighted by Crippen LogP contribution is 2.43. The summed E-state index contributed by atoms with van der Waals surface area (Å²) in [6, 6.07) is 48.6. The molecule has 0 N–H and O–H groups in total. The molecule has 0 aliphatic rings. The Bertz CT molecular complexity index is 2110. The number of alkyl halides is 4. The van der Waals surface area contributed by atoms with Gasteiger partial charge >= 0.3 is 12.2 Å². The van der Waals surface area contributed by atoms with E-state index in [0.717, 1.165) is 22.3 Å². The number of ether oxygens (including phenoxy) is 5. The zero-order valence-electron chi connectivity index (χ0n) is 35.5. The van der Waals surface area contributed by atoms with Crippen LogP contribution in [0.25, 0.3) is 0 Å². The lowest BCUT2D eigenvalue weighted by Crippen LogP contribution is -2.48. The number of rotatable bonds is 20. The van der Waals surface area contributed by atoms with Gasteiger partial charge in [0.2, 0.25) is 0 Å². The van der Waals surface area contributed by atoms with Crippen molar-refractivity contribution in [1.29, 1.82) is 0 Å². The van der Waals surface area contributed by atoms with Crippen LogP contribution in [0.5, 0.6) is 34.5 Å². The van der Waals surface area contributed by atoms with Crippen LogP contribution in [0.3, 0.4) is 0 Å². The predicted octanol–water partition coefficient (Wildman–Crippen LogP) is 14.5. The molecule has 61 heavy (non-hydrogen) atoms. The molecule has 0 amide bonds. The molecule has 0 aromatic heterocycles. The molecule has 0 bridgehead atoms. The highest BCUT2D eigenvalue weighted by Gasteiger charge is 2.43. The topological polar surface area (TPSA) is 46.2 Å². The fraction of sp³-hybridized carbons (Fsp3) is 0.308. The van der Waals surface area contributed by atoms with Crippen LogP contribution in [-0.2, 0) is 28.4 Å². The second-order valence-corrected chi connectivity index (χ2v) is 16.1. The standard InChI is InChI=1S/C52H54F4O5/c1-7-49(3,39-25-29-43(30-26-39)60-51(5,53)54)47(35-37-17-15-23-45(33-37)57-41-19-11-9-12-20-41)59-48(36-38-18-16-24-46(34-38)58-42-21-13-10-14-22-42)50(4,8-2)40-27-31-44(32-28-40)61-52(6,55)56/h9-34,47-48H,7-8,35-36H2,1-6H3. The summed E-state index contributed by atoms with van der Waals surface area (Å²) in [5, 5.41) is 0. The highest BCUT2D eigenvalue weighted by atomic mass is 19.3. The third kappa shape index (κ3) is 12.2. The van der Waals surface area contributed by atoms with Crippen molar-refractivity contribution in [2.45, 2.75) is 102 Å². The fourth-order valence-corrected chi connectivity index (χ4v) is 7.65. The van der Waals surface area contributed by atoms with E-state index in [2.05, 4.69) is 27.7 Å². The molecular weight excluding hydrogens is 781 g/mol.